The van der Waals surface area contributed by atoms with E-state index in [1.807, 2.05) is 0 Å². The van der Waals surface area contributed by atoms with Crippen LogP contribution in [-0.2, 0) is 9.53 Å². The molecule has 0 unspecified atom stereocenters. The summed E-state index contributed by atoms with van der Waals surface area (Å²) in [6.07, 6.45) is 0. The van der Waals surface area contributed by atoms with Crippen molar-refractivity contribution in [2.24, 2.45) is 0 Å². The Bertz CT molecular complexity index is 97.3. The first kappa shape index (κ1) is 10.1. The lowest BCUT2D eigenvalue weighted by Gasteiger charge is -1.96. The maximum Gasteiger partial charge on any atom is 0.314 e. The summed E-state index contributed by atoms with van der Waals surface area (Å²) in [5.41, 5.74) is 0. The highest BCUT2D eigenvalue weighted by Crippen LogP contribution is 2.19. The molecule has 0 rings (SSSR count). The Balaban J connectivity index is 2.84. The zero-order chi connectivity index (χ0) is 7.82. The fourth-order valence-corrected chi connectivity index (χ4v) is 1.55. The molecule has 4 nitrogen and oxygen atoms in total. The van der Waals surface area contributed by atoms with Crippen molar-refractivity contribution in [2.45, 2.75) is 0 Å². The standard InChI is InChI=1S/C4H8O4S2/c5-2-8-3-10-9-1-4(6)7/h5H,1-3H2,(H,6,7). The maximum absolute atomic E-state index is 9.91. The van der Waals surface area contributed by atoms with E-state index in [-0.39, 0.29) is 12.5 Å². The van der Waals surface area contributed by atoms with Crippen LogP contribution >= 0.6 is 21.6 Å². The van der Waals surface area contributed by atoms with Gasteiger partial charge in [-0.25, -0.2) is 0 Å². The summed E-state index contributed by atoms with van der Waals surface area (Å²) in [6, 6.07) is 0. The monoisotopic (exact) mass is 184 g/mol. The van der Waals surface area contributed by atoms with Gasteiger partial charge in [0, 0.05) is 0 Å². The molecule has 0 radical (unpaired) electrons. The van der Waals surface area contributed by atoms with Gasteiger partial charge in [0.1, 0.15) is 18.5 Å². The third kappa shape index (κ3) is 8.09. The molecule has 0 aliphatic carbocycles. The zero-order valence-electron chi connectivity index (χ0n) is 5.15. The molecule has 0 heterocycles. The molecule has 0 aliphatic heterocycles. The van der Waals surface area contributed by atoms with Crippen LogP contribution in [0.2, 0.25) is 0 Å². The molecule has 0 amide bonds. The minimum Gasteiger partial charge on any atom is -0.481 e. The van der Waals surface area contributed by atoms with E-state index < -0.39 is 5.97 Å². The highest BCUT2D eigenvalue weighted by atomic mass is 33.1. The molecule has 0 bridgehead atoms. The van der Waals surface area contributed by atoms with Crippen molar-refractivity contribution in [1.29, 1.82) is 0 Å². The number of rotatable bonds is 6. The minimum absolute atomic E-state index is 0.0550. The van der Waals surface area contributed by atoms with Gasteiger partial charge in [0.15, 0.2) is 0 Å². The van der Waals surface area contributed by atoms with Crippen LogP contribution in [0.15, 0.2) is 0 Å². The van der Waals surface area contributed by atoms with Gasteiger partial charge in [-0.15, -0.1) is 0 Å². The minimum atomic E-state index is -0.846. The SMILES string of the molecule is O=C(O)CSSCOCO. The first-order chi connectivity index (χ1) is 4.77. The second kappa shape index (κ2) is 7.20. The number of carboxylic acids is 1. The lowest BCUT2D eigenvalue weighted by molar-refractivity contribution is -0.133. The number of carbonyl (C=O) groups is 1. The van der Waals surface area contributed by atoms with Gasteiger partial charge in [0.2, 0.25) is 0 Å². The van der Waals surface area contributed by atoms with Gasteiger partial charge in [0.25, 0.3) is 0 Å². The molecule has 0 saturated heterocycles. The summed E-state index contributed by atoms with van der Waals surface area (Å²) in [7, 11) is 2.44. The molecule has 2 N–H and O–H groups in total. The Morgan fingerprint density at radius 1 is 1.50 bits per heavy atom. The van der Waals surface area contributed by atoms with E-state index in [9.17, 15) is 4.79 Å². The molecule has 0 aromatic carbocycles. The Kier molecular flexibility index (Phi) is 7.26. The molecular weight excluding hydrogens is 176 g/mol. The van der Waals surface area contributed by atoms with Crippen molar-refractivity contribution in [3.8, 4) is 0 Å². The van der Waals surface area contributed by atoms with Crippen LogP contribution in [0.25, 0.3) is 0 Å². The lowest BCUT2D eigenvalue weighted by Crippen LogP contribution is -1.96. The summed E-state index contributed by atoms with van der Waals surface area (Å²) in [5, 5.41) is 16.3. The Hall–Kier alpha value is 0.0900. The maximum atomic E-state index is 9.91. The molecular formula is C4H8O4S2. The Morgan fingerprint density at radius 2 is 2.20 bits per heavy atom. The highest BCUT2D eigenvalue weighted by Gasteiger charge is 1.95. The van der Waals surface area contributed by atoms with Crippen LogP contribution in [0.1, 0.15) is 0 Å². The molecule has 0 aromatic heterocycles. The van der Waals surface area contributed by atoms with Crippen molar-refractivity contribution < 1.29 is 19.7 Å². The largest absolute Gasteiger partial charge is 0.481 e. The lowest BCUT2D eigenvalue weighted by atomic mass is 10.8. The number of aliphatic hydroxyl groups excluding tert-OH is 1. The van der Waals surface area contributed by atoms with E-state index in [4.69, 9.17) is 10.2 Å². The molecule has 60 valence electrons. The van der Waals surface area contributed by atoms with E-state index in [2.05, 4.69) is 4.74 Å². The van der Waals surface area contributed by atoms with Gasteiger partial charge < -0.3 is 14.9 Å². The summed E-state index contributed by atoms with van der Waals surface area (Å²) < 4.78 is 4.52. The van der Waals surface area contributed by atoms with Gasteiger partial charge in [-0.1, -0.05) is 21.6 Å². The van der Waals surface area contributed by atoms with Crippen molar-refractivity contribution in [1.82, 2.24) is 0 Å². The van der Waals surface area contributed by atoms with Crippen LogP contribution in [0, 0.1) is 0 Å². The molecule has 0 spiro atoms. The van der Waals surface area contributed by atoms with Crippen molar-refractivity contribution in [3.63, 3.8) is 0 Å². The highest BCUT2D eigenvalue weighted by molar-refractivity contribution is 8.76. The number of hydrogen-bond acceptors (Lipinski definition) is 5. The first-order valence-corrected chi connectivity index (χ1v) is 4.91. The molecule has 10 heavy (non-hydrogen) atoms. The van der Waals surface area contributed by atoms with Crippen LogP contribution in [0.3, 0.4) is 0 Å². The molecule has 0 atom stereocenters. The van der Waals surface area contributed by atoms with Crippen molar-refractivity contribution in [2.75, 3.05) is 18.5 Å². The van der Waals surface area contributed by atoms with Crippen LogP contribution in [0.5, 0.6) is 0 Å². The fourth-order valence-electron chi connectivity index (χ4n) is 0.197. The van der Waals surface area contributed by atoms with Crippen molar-refractivity contribution >= 4 is 27.6 Å². The van der Waals surface area contributed by atoms with Gasteiger partial charge in [0.05, 0.1) is 0 Å². The predicted octanol–water partition coefficient (Wildman–Crippen LogP) is 0.376. The smallest absolute Gasteiger partial charge is 0.314 e. The molecule has 0 aliphatic rings. The Labute approximate surface area is 66.3 Å². The number of aliphatic hydroxyl groups is 1. The number of hydrogen-bond donors (Lipinski definition) is 2. The van der Waals surface area contributed by atoms with E-state index in [0.29, 0.717) is 5.94 Å². The van der Waals surface area contributed by atoms with Crippen LogP contribution in [0.4, 0.5) is 0 Å². The van der Waals surface area contributed by atoms with Crippen LogP contribution in [-0.4, -0.2) is 34.7 Å². The van der Waals surface area contributed by atoms with Gasteiger partial charge in [-0.05, 0) is 0 Å². The van der Waals surface area contributed by atoms with Gasteiger partial charge >= 0.3 is 5.97 Å². The number of aliphatic carboxylic acids is 1. The average Bonchev–Trinajstić information content (AvgIpc) is 1.87. The van der Waals surface area contributed by atoms with E-state index in [1.165, 1.54) is 21.6 Å². The predicted molar refractivity (Wildman–Crippen MR) is 40.7 cm³/mol. The molecule has 6 heteroatoms. The number of ether oxygens (including phenoxy) is 1. The Morgan fingerprint density at radius 3 is 2.70 bits per heavy atom. The second-order valence-electron chi connectivity index (χ2n) is 1.22. The van der Waals surface area contributed by atoms with E-state index in [0.717, 1.165) is 0 Å². The third-order valence-electron chi connectivity index (χ3n) is 0.488. The molecule has 0 fully saturated rings. The summed E-state index contributed by atoms with van der Waals surface area (Å²) in [4.78, 5) is 9.91. The summed E-state index contributed by atoms with van der Waals surface area (Å²) in [5.74, 6) is -0.477. The number of carboxylic acid groups (broad SMARTS) is 1. The zero-order valence-corrected chi connectivity index (χ0v) is 6.78. The third-order valence-corrected chi connectivity index (χ3v) is 2.43. The summed E-state index contributed by atoms with van der Waals surface area (Å²) >= 11 is 0. The van der Waals surface area contributed by atoms with E-state index >= 15 is 0 Å². The average molecular weight is 184 g/mol. The van der Waals surface area contributed by atoms with Crippen molar-refractivity contribution in [3.05, 3.63) is 0 Å². The van der Waals surface area contributed by atoms with Gasteiger partial charge in [-0.2, -0.15) is 0 Å². The molecule has 0 saturated carbocycles. The first-order valence-electron chi connectivity index (χ1n) is 2.42. The normalized spacial score (nSPS) is 9.70. The van der Waals surface area contributed by atoms with Gasteiger partial charge in [-0.3, -0.25) is 4.79 Å². The quantitative estimate of drug-likeness (QED) is 0.353. The second-order valence-corrected chi connectivity index (χ2v) is 3.63. The molecule has 0 aromatic rings. The summed E-state index contributed by atoms with van der Waals surface area (Å²) in [6.45, 7) is -0.319. The fraction of sp³-hybridized carbons (Fsp3) is 0.750. The topological polar surface area (TPSA) is 66.8 Å². The van der Waals surface area contributed by atoms with Crippen LogP contribution < -0.4 is 0 Å². The van der Waals surface area contributed by atoms with E-state index in [1.54, 1.807) is 0 Å².